The summed E-state index contributed by atoms with van der Waals surface area (Å²) in [6.45, 7) is 7.32. The predicted octanol–water partition coefficient (Wildman–Crippen LogP) is 3.36. The molecule has 0 aliphatic rings. The number of rotatable bonds is 5. The average Bonchev–Trinajstić information content (AvgIpc) is 2.48. The third-order valence-electron chi connectivity index (χ3n) is 4.57. The molecular formula is C17H25N3. The van der Waals surface area contributed by atoms with Crippen LogP contribution in [0.25, 0.3) is 10.8 Å². The van der Waals surface area contributed by atoms with Crippen molar-refractivity contribution in [1.29, 1.82) is 0 Å². The lowest BCUT2D eigenvalue weighted by Crippen LogP contribution is -2.45. The Morgan fingerprint density at radius 3 is 2.60 bits per heavy atom. The van der Waals surface area contributed by atoms with Crippen LogP contribution in [0.1, 0.15) is 38.8 Å². The number of fused-ring (bicyclic) bond motifs is 1. The van der Waals surface area contributed by atoms with Gasteiger partial charge in [-0.15, -0.1) is 0 Å². The number of hydrogen-bond acceptors (Lipinski definition) is 3. The van der Waals surface area contributed by atoms with E-state index in [2.05, 4.69) is 55.9 Å². The second-order valence-electron chi connectivity index (χ2n) is 5.98. The van der Waals surface area contributed by atoms with E-state index < -0.39 is 0 Å². The molecule has 1 unspecified atom stereocenters. The zero-order valence-electron chi connectivity index (χ0n) is 12.9. The fraction of sp³-hybridized carbons (Fsp3) is 0.471. The molecule has 3 heteroatoms. The molecule has 20 heavy (non-hydrogen) atoms. The molecule has 0 saturated carbocycles. The van der Waals surface area contributed by atoms with E-state index in [1.165, 1.54) is 16.3 Å². The van der Waals surface area contributed by atoms with Crippen molar-refractivity contribution in [2.24, 2.45) is 5.73 Å². The van der Waals surface area contributed by atoms with Gasteiger partial charge in [-0.05, 0) is 38.3 Å². The summed E-state index contributed by atoms with van der Waals surface area (Å²) in [5, 5.41) is 2.42. The lowest BCUT2D eigenvalue weighted by Gasteiger charge is -2.40. The number of nitrogens with two attached hydrogens (primary N) is 1. The standard InChI is InChI=1S/C17H25N3/c1-5-17(2,3)20(4)16(10-18)15-12-19-11-13-8-6-7-9-14(13)15/h6-9,11-12,16H,5,10,18H2,1-4H3. The minimum absolute atomic E-state index is 0.112. The summed E-state index contributed by atoms with van der Waals surface area (Å²) in [6, 6.07) is 8.56. The summed E-state index contributed by atoms with van der Waals surface area (Å²) >= 11 is 0. The number of likely N-dealkylation sites (N-methyl/N-ethyl adjacent to an activating group) is 1. The molecule has 0 amide bonds. The molecule has 1 aromatic carbocycles. The van der Waals surface area contributed by atoms with Gasteiger partial charge in [-0.1, -0.05) is 31.2 Å². The summed E-state index contributed by atoms with van der Waals surface area (Å²) in [5.41, 5.74) is 7.41. The van der Waals surface area contributed by atoms with Gasteiger partial charge in [0.15, 0.2) is 0 Å². The van der Waals surface area contributed by atoms with Crippen LogP contribution in [0.15, 0.2) is 36.7 Å². The van der Waals surface area contributed by atoms with E-state index in [9.17, 15) is 0 Å². The van der Waals surface area contributed by atoms with E-state index >= 15 is 0 Å². The SMILES string of the molecule is CCC(C)(C)N(C)C(CN)c1cncc2ccccc12. The van der Waals surface area contributed by atoms with Crippen LogP contribution in [0.5, 0.6) is 0 Å². The van der Waals surface area contributed by atoms with Crippen LogP contribution in [0.2, 0.25) is 0 Å². The fourth-order valence-electron chi connectivity index (χ4n) is 2.57. The second-order valence-corrected chi connectivity index (χ2v) is 5.98. The molecule has 1 atom stereocenters. The van der Waals surface area contributed by atoms with Crippen molar-refractivity contribution in [2.75, 3.05) is 13.6 Å². The maximum Gasteiger partial charge on any atom is 0.0494 e. The molecule has 1 aromatic heterocycles. The maximum absolute atomic E-state index is 6.08. The Bertz CT molecular complexity index is 572. The van der Waals surface area contributed by atoms with E-state index in [1.807, 2.05) is 18.5 Å². The van der Waals surface area contributed by atoms with Gasteiger partial charge in [0.2, 0.25) is 0 Å². The van der Waals surface area contributed by atoms with Crippen LogP contribution in [0.3, 0.4) is 0 Å². The highest BCUT2D eigenvalue weighted by molar-refractivity contribution is 5.85. The molecule has 0 saturated heterocycles. The highest BCUT2D eigenvalue weighted by atomic mass is 15.2. The fourth-order valence-corrected chi connectivity index (χ4v) is 2.57. The van der Waals surface area contributed by atoms with Crippen molar-refractivity contribution in [3.63, 3.8) is 0 Å². The van der Waals surface area contributed by atoms with E-state index in [0.29, 0.717) is 6.54 Å². The maximum atomic E-state index is 6.08. The average molecular weight is 271 g/mol. The molecule has 2 aromatic rings. The van der Waals surface area contributed by atoms with Crippen LogP contribution in [-0.4, -0.2) is 29.0 Å². The van der Waals surface area contributed by atoms with Gasteiger partial charge in [-0.3, -0.25) is 9.88 Å². The molecule has 0 spiro atoms. The summed E-state index contributed by atoms with van der Waals surface area (Å²) in [5.74, 6) is 0. The van der Waals surface area contributed by atoms with Gasteiger partial charge in [0.05, 0.1) is 0 Å². The topological polar surface area (TPSA) is 42.1 Å². The van der Waals surface area contributed by atoms with Crippen LogP contribution < -0.4 is 5.73 Å². The number of hydrogen-bond donors (Lipinski definition) is 1. The molecule has 0 fully saturated rings. The van der Waals surface area contributed by atoms with E-state index in [0.717, 1.165) is 6.42 Å². The number of aromatic nitrogens is 1. The van der Waals surface area contributed by atoms with E-state index in [4.69, 9.17) is 5.73 Å². The molecule has 0 aliphatic carbocycles. The molecule has 2 rings (SSSR count). The zero-order valence-corrected chi connectivity index (χ0v) is 12.9. The molecule has 108 valence electrons. The minimum Gasteiger partial charge on any atom is -0.329 e. The van der Waals surface area contributed by atoms with Crippen LogP contribution in [0.4, 0.5) is 0 Å². The molecule has 2 N–H and O–H groups in total. The van der Waals surface area contributed by atoms with Crippen LogP contribution >= 0.6 is 0 Å². The summed E-state index contributed by atoms with van der Waals surface area (Å²) < 4.78 is 0. The third-order valence-corrected chi connectivity index (χ3v) is 4.57. The van der Waals surface area contributed by atoms with Gasteiger partial charge in [0.1, 0.15) is 0 Å². The first-order valence-corrected chi connectivity index (χ1v) is 7.27. The minimum atomic E-state index is 0.112. The molecular weight excluding hydrogens is 246 g/mol. The van der Waals surface area contributed by atoms with Crippen LogP contribution in [0, 0.1) is 0 Å². The summed E-state index contributed by atoms with van der Waals surface area (Å²) in [4.78, 5) is 6.76. The van der Waals surface area contributed by atoms with Crippen molar-refractivity contribution in [3.05, 3.63) is 42.2 Å². The highest BCUT2D eigenvalue weighted by Gasteiger charge is 2.29. The van der Waals surface area contributed by atoms with E-state index in [-0.39, 0.29) is 11.6 Å². The molecule has 0 radical (unpaired) electrons. The first-order chi connectivity index (χ1) is 9.51. The molecule has 0 bridgehead atoms. The van der Waals surface area contributed by atoms with Gasteiger partial charge in [-0.2, -0.15) is 0 Å². The third kappa shape index (κ3) is 2.69. The number of benzene rings is 1. The summed E-state index contributed by atoms with van der Waals surface area (Å²) in [6.07, 6.45) is 4.96. The Labute approximate surface area is 121 Å². The van der Waals surface area contributed by atoms with Crippen molar-refractivity contribution in [3.8, 4) is 0 Å². The first kappa shape index (κ1) is 14.9. The van der Waals surface area contributed by atoms with Gasteiger partial charge in [0, 0.05) is 35.9 Å². The van der Waals surface area contributed by atoms with Gasteiger partial charge in [0.25, 0.3) is 0 Å². The van der Waals surface area contributed by atoms with Crippen molar-refractivity contribution in [2.45, 2.75) is 38.8 Å². The second kappa shape index (κ2) is 5.90. The van der Waals surface area contributed by atoms with Gasteiger partial charge < -0.3 is 5.73 Å². The van der Waals surface area contributed by atoms with E-state index in [1.54, 1.807) is 0 Å². The van der Waals surface area contributed by atoms with Crippen LogP contribution in [-0.2, 0) is 0 Å². The number of nitrogens with zero attached hydrogens (tertiary/aromatic N) is 2. The lowest BCUT2D eigenvalue weighted by molar-refractivity contribution is 0.101. The normalized spacial score (nSPS) is 13.9. The largest absolute Gasteiger partial charge is 0.329 e. The Balaban J connectivity index is 2.50. The smallest absolute Gasteiger partial charge is 0.0494 e. The molecule has 1 heterocycles. The zero-order chi connectivity index (χ0) is 14.8. The Hall–Kier alpha value is -1.45. The first-order valence-electron chi connectivity index (χ1n) is 7.27. The lowest BCUT2D eigenvalue weighted by atomic mass is 9.93. The van der Waals surface area contributed by atoms with Crippen molar-refractivity contribution < 1.29 is 0 Å². The van der Waals surface area contributed by atoms with Gasteiger partial charge >= 0.3 is 0 Å². The predicted molar refractivity (Wildman–Crippen MR) is 85.7 cm³/mol. The summed E-state index contributed by atoms with van der Waals surface area (Å²) in [7, 11) is 2.16. The Morgan fingerprint density at radius 2 is 1.95 bits per heavy atom. The molecule has 0 aliphatic heterocycles. The molecule has 3 nitrogen and oxygen atoms in total. The van der Waals surface area contributed by atoms with Crippen molar-refractivity contribution in [1.82, 2.24) is 9.88 Å². The van der Waals surface area contributed by atoms with Crippen molar-refractivity contribution >= 4 is 10.8 Å². The van der Waals surface area contributed by atoms with Gasteiger partial charge in [-0.25, -0.2) is 0 Å². The highest BCUT2D eigenvalue weighted by Crippen LogP contribution is 2.31. The number of pyridine rings is 1. The Morgan fingerprint density at radius 1 is 1.25 bits per heavy atom. The quantitative estimate of drug-likeness (QED) is 0.906. The monoisotopic (exact) mass is 271 g/mol. The Kier molecular flexibility index (Phi) is 4.41.